The predicted octanol–water partition coefficient (Wildman–Crippen LogP) is 2.98. The number of ether oxygens (including phenoxy) is 2. The van der Waals surface area contributed by atoms with Crippen molar-refractivity contribution in [3.63, 3.8) is 0 Å². The summed E-state index contributed by atoms with van der Waals surface area (Å²) in [4.78, 5) is 40.4. The fraction of sp³-hybridized carbons (Fsp3) is 0.632. The Morgan fingerprint density at radius 1 is 1.16 bits per heavy atom. The highest BCUT2D eigenvalue weighted by atomic mass is 16.5. The summed E-state index contributed by atoms with van der Waals surface area (Å²) in [6.07, 6.45) is 5.61. The number of carbonyl (C=O) groups is 3. The van der Waals surface area contributed by atoms with Gasteiger partial charge in [-0.3, -0.25) is 9.59 Å². The first-order valence-electron chi connectivity index (χ1n) is 8.98. The normalized spacial score (nSPS) is 23.9. The molecule has 1 saturated carbocycles. The topological polar surface area (TPSA) is 85.5 Å². The molecule has 0 bridgehead atoms. The SMILES string of the molecule is COC(=O)[C@H]1C(=O)c2c([nH]c(C(=O)OC3CCCCC3)c2C)C[C@H]1C. The Labute approximate surface area is 147 Å². The lowest BCUT2D eigenvalue weighted by molar-refractivity contribution is -0.145. The highest BCUT2D eigenvalue weighted by molar-refractivity contribution is 6.12. The Bertz CT molecular complexity index is 699. The Morgan fingerprint density at radius 3 is 2.48 bits per heavy atom. The molecule has 0 aliphatic heterocycles. The zero-order valence-electron chi connectivity index (χ0n) is 15.0. The van der Waals surface area contributed by atoms with Gasteiger partial charge in [-0.1, -0.05) is 13.3 Å². The summed E-state index contributed by atoms with van der Waals surface area (Å²) in [6.45, 7) is 3.58. The van der Waals surface area contributed by atoms with E-state index in [0.29, 0.717) is 28.9 Å². The van der Waals surface area contributed by atoms with E-state index in [0.717, 1.165) is 25.7 Å². The largest absolute Gasteiger partial charge is 0.468 e. The van der Waals surface area contributed by atoms with Crippen molar-refractivity contribution in [2.75, 3.05) is 7.11 Å². The van der Waals surface area contributed by atoms with Crippen LogP contribution < -0.4 is 0 Å². The summed E-state index contributed by atoms with van der Waals surface area (Å²) in [5.74, 6) is -2.18. The number of carbonyl (C=O) groups excluding carboxylic acids is 3. The van der Waals surface area contributed by atoms with Crippen LogP contribution in [0.15, 0.2) is 0 Å². The number of rotatable bonds is 3. The Hall–Kier alpha value is -2.11. The molecule has 0 amide bonds. The second-order valence-corrected chi connectivity index (χ2v) is 7.19. The summed E-state index contributed by atoms with van der Waals surface area (Å²) in [6, 6.07) is 0. The molecule has 136 valence electrons. The molecule has 6 heteroatoms. The van der Waals surface area contributed by atoms with Crippen molar-refractivity contribution in [3.8, 4) is 0 Å². The van der Waals surface area contributed by atoms with Gasteiger partial charge in [-0.05, 0) is 50.5 Å². The quantitative estimate of drug-likeness (QED) is 0.671. The summed E-state index contributed by atoms with van der Waals surface area (Å²) in [5, 5.41) is 0. The number of esters is 2. The van der Waals surface area contributed by atoms with Crippen LogP contribution in [0.4, 0.5) is 0 Å². The summed E-state index contributed by atoms with van der Waals surface area (Å²) < 4.78 is 10.4. The molecule has 3 rings (SSSR count). The van der Waals surface area contributed by atoms with Gasteiger partial charge in [0, 0.05) is 11.3 Å². The number of fused-ring (bicyclic) bond motifs is 1. The third-order valence-corrected chi connectivity index (χ3v) is 5.44. The number of hydrogen-bond acceptors (Lipinski definition) is 5. The molecular formula is C19H25NO5. The van der Waals surface area contributed by atoms with Gasteiger partial charge in [0.1, 0.15) is 17.7 Å². The van der Waals surface area contributed by atoms with Crippen molar-refractivity contribution in [2.24, 2.45) is 11.8 Å². The van der Waals surface area contributed by atoms with Gasteiger partial charge in [0.25, 0.3) is 0 Å². The number of ketones is 1. The number of hydrogen-bond donors (Lipinski definition) is 1. The molecular weight excluding hydrogens is 322 g/mol. The van der Waals surface area contributed by atoms with Crippen LogP contribution in [-0.4, -0.2) is 35.9 Å². The molecule has 1 aromatic rings. The zero-order valence-corrected chi connectivity index (χ0v) is 15.0. The van der Waals surface area contributed by atoms with Gasteiger partial charge >= 0.3 is 11.9 Å². The molecule has 1 aromatic heterocycles. The van der Waals surface area contributed by atoms with Gasteiger partial charge < -0.3 is 14.5 Å². The second-order valence-electron chi connectivity index (χ2n) is 7.19. The highest BCUT2D eigenvalue weighted by Crippen LogP contribution is 2.34. The highest BCUT2D eigenvalue weighted by Gasteiger charge is 2.42. The van der Waals surface area contributed by atoms with Crippen molar-refractivity contribution < 1.29 is 23.9 Å². The van der Waals surface area contributed by atoms with E-state index < -0.39 is 17.9 Å². The minimum absolute atomic E-state index is 0.0431. The molecule has 0 aromatic carbocycles. The van der Waals surface area contributed by atoms with Gasteiger partial charge in [-0.2, -0.15) is 0 Å². The number of aromatic amines is 1. The maximum absolute atomic E-state index is 12.8. The molecule has 2 aliphatic carbocycles. The van der Waals surface area contributed by atoms with Crippen LogP contribution in [0.3, 0.4) is 0 Å². The molecule has 25 heavy (non-hydrogen) atoms. The van der Waals surface area contributed by atoms with E-state index in [1.54, 1.807) is 6.92 Å². The first-order valence-corrected chi connectivity index (χ1v) is 8.98. The molecule has 2 atom stereocenters. The summed E-state index contributed by atoms with van der Waals surface area (Å²) >= 11 is 0. The van der Waals surface area contributed by atoms with Crippen LogP contribution in [0.5, 0.6) is 0 Å². The molecule has 1 heterocycles. The fourth-order valence-electron chi connectivity index (χ4n) is 4.06. The molecule has 1 N–H and O–H groups in total. The van der Waals surface area contributed by atoms with Crippen molar-refractivity contribution in [1.82, 2.24) is 4.98 Å². The molecule has 6 nitrogen and oxygen atoms in total. The molecule has 1 fully saturated rings. The second kappa shape index (κ2) is 7.02. The van der Waals surface area contributed by atoms with Gasteiger partial charge in [0.15, 0.2) is 5.78 Å². The minimum Gasteiger partial charge on any atom is -0.468 e. The summed E-state index contributed by atoms with van der Waals surface area (Å²) in [5.41, 5.74) is 2.07. The van der Waals surface area contributed by atoms with Gasteiger partial charge in [0.2, 0.25) is 0 Å². The molecule has 0 saturated heterocycles. The van der Waals surface area contributed by atoms with Crippen LogP contribution in [0.2, 0.25) is 0 Å². The van der Waals surface area contributed by atoms with Crippen LogP contribution in [0, 0.1) is 18.8 Å². The fourth-order valence-corrected chi connectivity index (χ4v) is 4.06. The lowest BCUT2D eigenvalue weighted by Gasteiger charge is -2.25. The minimum atomic E-state index is -0.811. The maximum atomic E-state index is 12.8. The van der Waals surface area contributed by atoms with Crippen LogP contribution in [0.25, 0.3) is 0 Å². The molecule has 0 spiro atoms. The first kappa shape index (κ1) is 17.7. The van der Waals surface area contributed by atoms with Gasteiger partial charge in [-0.15, -0.1) is 0 Å². The number of H-pyrrole nitrogens is 1. The van der Waals surface area contributed by atoms with Crippen molar-refractivity contribution in [1.29, 1.82) is 0 Å². The van der Waals surface area contributed by atoms with Crippen LogP contribution in [0.1, 0.15) is 71.1 Å². The third kappa shape index (κ3) is 3.22. The Morgan fingerprint density at radius 2 is 1.84 bits per heavy atom. The standard InChI is InChI=1S/C19H25NO5/c1-10-9-13-15(17(21)14(10)18(22)24-3)11(2)16(20-13)19(23)25-12-7-5-4-6-8-12/h10,12,14,20H,4-9H2,1-3H3/t10-,14-/m1/s1. The molecule has 0 unspecified atom stereocenters. The first-order chi connectivity index (χ1) is 11.9. The van der Waals surface area contributed by atoms with Crippen LogP contribution in [-0.2, 0) is 20.7 Å². The molecule has 2 aliphatic rings. The Balaban J connectivity index is 1.85. The average Bonchev–Trinajstić information content (AvgIpc) is 2.92. The third-order valence-electron chi connectivity index (χ3n) is 5.44. The summed E-state index contributed by atoms with van der Waals surface area (Å²) in [7, 11) is 1.29. The Kier molecular flexibility index (Phi) is 4.97. The molecule has 0 radical (unpaired) electrons. The zero-order chi connectivity index (χ0) is 18.1. The van der Waals surface area contributed by atoms with Crippen molar-refractivity contribution in [2.45, 2.75) is 58.5 Å². The number of nitrogens with one attached hydrogen (secondary N) is 1. The lowest BCUT2D eigenvalue weighted by Crippen LogP contribution is -2.36. The van der Waals surface area contributed by atoms with E-state index in [-0.39, 0.29) is 17.8 Å². The van der Waals surface area contributed by atoms with E-state index in [4.69, 9.17) is 9.47 Å². The van der Waals surface area contributed by atoms with Gasteiger partial charge in [0.05, 0.1) is 7.11 Å². The van der Waals surface area contributed by atoms with Crippen molar-refractivity contribution >= 4 is 17.7 Å². The number of methoxy groups -OCH3 is 1. The van der Waals surface area contributed by atoms with Gasteiger partial charge in [-0.25, -0.2) is 4.79 Å². The lowest BCUT2D eigenvalue weighted by atomic mass is 9.77. The average molecular weight is 347 g/mol. The van der Waals surface area contributed by atoms with E-state index in [9.17, 15) is 14.4 Å². The van der Waals surface area contributed by atoms with E-state index in [1.807, 2.05) is 6.92 Å². The predicted molar refractivity (Wildman–Crippen MR) is 90.5 cm³/mol. The van der Waals surface area contributed by atoms with E-state index in [1.165, 1.54) is 13.5 Å². The van der Waals surface area contributed by atoms with E-state index in [2.05, 4.69) is 4.98 Å². The van der Waals surface area contributed by atoms with Crippen molar-refractivity contribution in [3.05, 3.63) is 22.5 Å². The smallest absolute Gasteiger partial charge is 0.355 e. The van der Waals surface area contributed by atoms with E-state index >= 15 is 0 Å². The monoisotopic (exact) mass is 347 g/mol. The number of Topliss-reactive ketones (excluding diaryl/α,β-unsaturated/α-hetero) is 1. The number of aromatic nitrogens is 1. The maximum Gasteiger partial charge on any atom is 0.355 e. The van der Waals surface area contributed by atoms with Crippen LogP contribution >= 0.6 is 0 Å².